The minimum absolute atomic E-state index is 0.0426. The van der Waals surface area contributed by atoms with Gasteiger partial charge in [-0.2, -0.15) is 0 Å². The van der Waals surface area contributed by atoms with E-state index in [1.165, 1.54) is 48.2 Å². The lowest BCUT2D eigenvalue weighted by Gasteiger charge is -2.14. The summed E-state index contributed by atoms with van der Waals surface area (Å²) in [6.45, 7) is 1.84. The topological polar surface area (TPSA) is 103 Å². The zero-order chi connectivity index (χ0) is 22.2. The number of nitrogens with one attached hydrogen (secondary N) is 1. The minimum Gasteiger partial charge on any atom is -0.480 e. The molecule has 31 heavy (non-hydrogen) atoms. The number of rotatable bonds is 5. The molecule has 3 heterocycles. The van der Waals surface area contributed by atoms with E-state index in [0.717, 1.165) is 17.7 Å². The molecular formula is C21H17FN4O4S. The van der Waals surface area contributed by atoms with Crippen LogP contribution in [0.4, 0.5) is 10.1 Å². The first-order valence-electron chi connectivity index (χ1n) is 9.09. The molecule has 4 rings (SSSR count). The van der Waals surface area contributed by atoms with Gasteiger partial charge in [0.2, 0.25) is 5.88 Å². The molecule has 0 aliphatic carbocycles. The lowest BCUT2D eigenvalue weighted by molar-refractivity contribution is 0.400. The Balaban J connectivity index is 1.82. The fourth-order valence-electron chi connectivity index (χ4n) is 3.15. The number of anilines is 1. The molecule has 0 aliphatic heterocycles. The maximum atomic E-state index is 13.5. The molecule has 0 bridgehead atoms. The maximum absolute atomic E-state index is 13.5. The van der Waals surface area contributed by atoms with Gasteiger partial charge in [0.05, 0.1) is 12.0 Å². The van der Waals surface area contributed by atoms with Crippen LogP contribution in [-0.2, 0) is 10.0 Å². The average Bonchev–Trinajstić information content (AvgIpc) is 2.73. The molecule has 0 spiro atoms. The largest absolute Gasteiger partial charge is 0.480 e. The molecule has 1 N–H and O–H groups in total. The molecule has 4 aromatic rings. The van der Waals surface area contributed by atoms with Crippen molar-refractivity contribution in [2.45, 2.75) is 11.8 Å². The highest BCUT2D eigenvalue weighted by molar-refractivity contribution is 7.92. The monoisotopic (exact) mass is 440 g/mol. The summed E-state index contributed by atoms with van der Waals surface area (Å²) in [6, 6.07) is 9.29. The first-order chi connectivity index (χ1) is 14.8. The maximum Gasteiger partial charge on any atom is 0.262 e. The molecule has 0 fully saturated rings. The van der Waals surface area contributed by atoms with Gasteiger partial charge in [-0.1, -0.05) is 6.07 Å². The van der Waals surface area contributed by atoms with Crippen molar-refractivity contribution in [1.29, 1.82) is 0 Å². The third kappa shape index (κ3) is 3.97. The number of nitrogens with zero attached hydrogens (tertiary/aromatic N) is 3. The normalized spacial score (nSPS) is 11.5. The van der Waals surface area contributed by atoms with Gasteiger partial charge < -0.3 is 4.74 Å². The Morgan fingerprint density at radius 2 is 1.94 bits per heavy atom. The van der Waals surface area contributed by atoms with Crippen LogP contribution in [0.1, 0.15) is 5.56 Å². The second-order valence-corrected chi connectivity index (χ2v) is 8.41. The zero-order valence-corrected chi connectivity index (χ0v) is 17.4. The fourth-order valence-corrected chi connectivity index (χ4v) is 4.23. The van der Waals surface area contributed by atoms with Gasteiger partial charge in [0.25, 0.3) is 15.6 Å². The average molecular weight is 440 g/mol. The van der Waals surface area contributed by atoms with Crippen molar-refractivity contribution in [3.8, 4) is 17.0 Å². The molecule has 0 amide bonds. The van der Waals surface area contributed by atoms with Crippen molar-refractivity contribution in [3.63, 3.8) is 0 Å². The summed E-state index contributed by atoms with van der Waals surface area (Å²) in [5, 5.41) is 0. The van der Waals surface area contributed by atoms with E-state index >= 15 is 0 Å². The van der Waals surface area contributed by atoms with E-state index in [1.54, 1.807) is 12.3 Å². The van der Waals surface area contributed by atoms with Crippen LogP contribution in [0.15, 0.2) is 70.7 Å². The Labute approximate surface area is 177 Å². The van der Waals surface area contributed by atoms with Gasteiger partial charge in [0, 0.05) is 35.8 Å². The van der Waals surface area contributed by atoms with Gasteiger partial charge in [-0.05, 0) is 42.8 Å². The number of fused-ring (bicyclic) bond motifs is 1. The zero-order valence-electron chi connectivity index (χ0n) is 16.5. The van der Waals surface area contributed by atoms with Gasteiger partial charge in [-0.3, -0.25) is 13.9 Å². The smallest absolute Gasteiger partial charge is 0.262 e. The second kappa shape index (κ2) is 7.80. The molecule has 0 radical (unpaired) electrons. The summed E-state index contributed by atoms with van der Waals surface area (Å²) >= 11 is 0. The lowest BCUT2D eigenvalue weighted by Crippen LogP contribution is -2.15. The van der Waals surface area contributed by atoms with Crippen LogP contribution in [0.5, 0.6) is 5.88 Å². The number of methoxy groups -OCH3 is 1. The number of sulfonamides is 1. The van der Waals surface area contributed by atoms with Crippen LogP contribution in [0.2, 0.25) is 0 Å². The number of hydrogen-bond acceptors (Lipinski definition) is 6. The van der Waals surface area contributed by atoms with E-state index in [0.29, 0.717) is 16.8 Å². The molecule has 0 unspecified atom stereocenters. The van der Waals surface area contributed by atoms with Gasteiger partial charge in [0.15, 0.2) is 0 Å². The first kappa shape index (κ1) is 20.5. The van der Waals surface area contributed by atoms with Crippen LogP contribution in [-0.4, -0.2) is 29.9 Å². The summed E-state index contributed by atoms with van der Waals surface area (Å²) in [4.78, 5) is 20.3. The van der Waals surface area contributed by atoms with E-state index < -0.39 is 15.8 Å². The molecule has 1 aromatic carbocycles. The number of benzene rings is 1. The second-order valence-electron chi connectivity index (χ2n) is 6.73. The van der Waals surface area contributed by atoms with E-state index in [1.807, 2.05) is 6.92 Å². The fraction of sp³-hybridized carbons (Fsp3) is 0.0952. The van der Waals surface area contributed by atoms with Crippen molar-refractivity contribution in [2.24, 2.45) is 0 Å². The lowest BCUT2D eigenvalue weighted by atomic mass is 10.0. The van der Waals surface area contributed by atoms with Gasteiger partial charge >= 0.3 is 0 Å². The van der Waals surface area contributed by atoms with E-state index in [4.69, 9.17) is 4.74 Å². The van der Waals surface area contributed by atoms with Crippen LogP contribution < -0.4 is 15.0 Å². The Kier molecular flexibility index (Phi) is 5.15. The van der Waals surface area contributed by atoms with E-state index in [-0.39, 0.29) is 22.0 Å². The van der Waals surface area contributed by atoms with Crippen molar-refractivity contribution in [1.82, 2.24) is 14.4 Å². The van der Waals surface area contributed by atoms with Gasteiger partial charge in [-0.15, -0.1) is 0 Å². The molecule has 8 nitrogen and oxygen atoms in total. The number of ether oxygens (including phenoxy) is 1. The Morgan fingerprint density at radius 1 is 1.13 bits per heavy atom. The predicted molar refractivity (Wildman–Crippen MR) is 113 cm³/mol. The molecular weight excluding hydrogens is 423 g/mol. The van der Waals surface area contributed by atoms with Gasteiger partial charge in [-0.25, -0.2) is 22.8 Å². The summed E-state index contributed by atoms with van der Waals surface area (Å²) in [6.07, 6.45) is 4.56. The molecule has 10 heteroatoms. The van der Waals surface area contributed by atoms with Crippen molar-refractivity contribution >= 4 is 21.4 Å². The van der Waals surface area contributed by atoms with Crippen LogP contribution in [0, 0.1) is 12.7 Å². The van der Waals surface area contributed by atoms with E-state index in [9.17, 15) is 17.6 Å². The Hall–Kier alpha value is -3.79. The molecule has 0 aliphatic rings. The number of hydrogen-bond donors (Lipinski definition) is 1. The molecule has 0 saturated carbocycles. The third-order valence-electron chi connectivity index (χ3n) is 4.64. The minimum atomic E-state index is -4.09. The standard InChI is InChI=1S/C21H17FN4O4S/c1-13-8-19-23-7-6-20(27)26(19)12-17(13)14-9-18(21(30-2)24-11-14)25-31(28,29)16-5-3-4-15(22)10-16/h3-12,25H,1-2H3. The van der Waals surface area contributed by atoms with Crippen LogP contribution >= 0.6 is 0 Å². The summed E-state index contributed by atoms with van der Waals surface area (Å²) in [5.41, 5.74) is 2.32. The number of aromatic nitrogens is 3. The highest BCUT2D eigenvalue weighted by Crippen LogP contribution is 2.31. The van der Waals surface area contributed by atoms with E-state index in [2.05, 4.69) is 14.7 Å². The third-order valence-corrected chi connectivity index (χ3v) is 6.01. The quantitative estimate of drug-likeness (QED) is 0.512. The van der Waals surface area contributed by atoms with Crippen molar-refractivity contribution in [2.75, 3.05) is 11.8 Å². The van der Waals surface area contributed by atoms with Crippen LogP contribution in [0.3, 0.4) is 0 Å². The first-order valence-corrected chi connectivity index (χ1v) is 10.6. The number of aryl methyl sites for hydroxylation is 1. The Bertz CT molecular complexity index is 1470. The number of pyridine rings is 2. The van der Waals surface area contributed by atoms with Crippen LogP contribution in [0.25, 0.3) is 16.8 Å². The molecule has 3 aromatic heterocycles. The Morgan fingerprint density at radius 3 is 2.68 bits per heavy atom. The van der Waals surface area contributed by atoms with Crippen molar-refractivity contribution in [3.05, 3.63) is 82.8 Å². The molecule has 0 saturated heterocycles. The molecule has 0 atom stereocenters. The number of halogens is 1. The summed E-state index contributed by atoms with van der Waals surface area (Å²) in [7, 11) is -2.74. The van der Waals surface area contributed by atoms with Gasteiger partial charge in [0.1, 0.15) is 17.2 Å². The van der Waals surface area contributed by atoms with Crippen molar-refractivity contribution < 1.29 is 17.5 Å². The highest BCUT2D eigenvalue weighted by Gasteiger charge is 2.19. The molecule has 158 valence electrons. The predicted octanol–water partition coefficient (Wildman–Crippen LogP) is 3.01. The SMILES string of the molecule is COc1ncc(-c2cn3c(=O)ccnc3cc2C)cc1NS(=O)(=O)c1cccc(F)c1. The summed E-state index contributed by atoms with van der Waals surface area (Å²) < 4.78 is 48.0. The highest BCUT2D eigenvalue weighted by atomic mass is 32.2. The summed E-state index contributed by atoms with van der Waals surface area (Å²) in [5.74, 6) is -0.631.